The molecule has 0 spiro atoms. The highest BCUT2D eigenvalue weighted by molar-refractivity contribution is 14.1. The quantitative estimate of drug-likeness (QED) is 0.730. The molecule has 0 radical (unpaired) electrons. The maximum absolute atomic E-state index is 9.41. The monoisotopic (exact) mass is 304 g/mol. The van der Waals surface area contributed by atoms with Crippen molar-refractivity contribution in [2.24, 2.45) is 0 Å². The maximum atomic E-state index is 9.41. The number of fused-ring (bicyclic) bond motifs is 1. The fraction of sp³-hybridized carbons (Fsp3) is 0.222. The highest BCUT2D eigenvalue weighted by Gasteiger charge is 2.08. The number of H-pyrrole nitrogens is 1. The van der Waals surface area contributed by atoms with Crippen molar-refractivity contribution in [1.82, 2.24) is 10.2 Å². The highest BCUT2D eigenvalue weighted by atomic mass is 127. The molecule has 0 bridgehead atoms. The zero-order valence-corrected chi connectivity index (χ0v) is 9.39. The Kier molecular flexibility index (Phi) is 2.71. The molecule has 2 aromatic rings. The van der Waals surface area contributed by atoms with Crippen molar-refractivity contribution < 1.29 is 10.2 Å². The molecule has 0 saturated heterocycles. The van der Waals surface area contributed by atoms with Crippen molar-refractivity contribution in [3.05, 3.63) is 27.5 Å². The van der Waals surface area contributed by atoms with Gasteiger partial charge in [-0.1, -0.05) is 6.07 Å². The lowest BCUT2D eigenvalue weighted by molar-refractivity contribution is 0.0957. The number of aliphatic hydroxyl groups is 2. The van der Waals surface area contributed by atoms with Crippen molar-refractivity contribution in [2.75, 3.05) is 6.61 Å². The lowest BCUT2D eigenvalue weighted by atomic mass is 10.1. The van der Waals surface area contributed by atoms with E-state index in [9.17, 15) is 5.11 Å². The number of halogens is 1. The second kappa shape index (κ2) is 3.84. The Labute approximate surface area is 94.1 Å². The van der Waals surface area contributed by atoms with E-state index < -0.39 is 6.10 Å². The van der Waals surface area contributed by atoms with Gasteiger partial charge in [0.05, 0.1) is 12.1 Å². The molecular formula is C9H9IN2O2. The molecule has 5 heteroatoms. The van der Waals surface area contributed by atoms with Gasteiger partial charge in [-0.25, -0.2) is 0 Å². The molecule has 0 saturated carbocycles. The fourth-order valence-electron chi connectivity index (χ4n) is 1.32. The summed E-state index contributed by atoms with van der Waals surface area (Å²) in [4.78, 5) is 0. The molecule has 1 aromatic heterocycles. The van der Waals surface area contributed by atoms with Gasteiger partial charge in [0.1, 0.15) is 9.80 Å². The zero-order chi connectivity index (χ0) is 10.1. The summed E-state index contributed by atoms with van der Waals surface area (Å²) in [6.07, 6.45) is -0.819. The number of aromatic amines is 1. The molecule has 3 N–H and O–H groups in total. The minimum absolute atomic E-state index is 0.267. The van der Waals surface area contributed by atoms with E-state index in [-0.39, 0.29) is 6.61 Å². The van der Waals surface area contributed by atoms with Crippen molar-refractivity contribution in [2.45, 2.75) is 6.10 Å². The van der Waals surface area contributed by atoms with E-state index in [1.54, 1.807) is 12.1 Å². The van der Waals surface area contributed by atoms with Gasteiger partial charge in [0.15, 0.2) is 0 Å². The van der Waals surface area contributed by atoms with Gasteiger partial charge in [-0.2, -0.15) is 5.10 Å². The van der Waals surface area contributed by atoms with Crippen molar-refractivity contribution >= 4 is 33.5 Å². The minimum Gasteiger partial charge on any atom is -0.393 e. The summed E-state index contributed by atoms with van der Waals surface area (Å²) in [5.74, 6) is 0. The number of benzene rings is 1. The van der Waals surface area contributed by atoms with Crippen LogP contribution in [-0.4, -0.2) is 27.0 Å². The van der Waals surface area contributed by atoms with Gasteiger partial charge in [-0.15, -0.1) is 0 Å². The SMILES string of the molecule is OC[C@@H](O)c1ccc2c(I)n[nH]c2c1. The standard InChI is InChI=1S/C9H9IN2O2/c10-9-6-2-1-5(8(14)4-13)3-7(6)11-12-9/h1-3,8,13-14H,4H2,(H,11,12)/t8-/m1/s1. The summed E-state index contributed by atoms with van der Waals surface area (Å²) in [5, 5.41) is 26.1. The van der Waals surface area contributed by atoms with Crippen molar-refractivity contribution in [3.63, 3.8) is 0 Å². The smallest absolute Gasteiger partial charge is 0.130 e. The van der Waals surface area contributed by atoms with Gasteiger partial charge in [-0.05, 0) is 40.3 Å². The molecule has 0 amide bonds. The number of aromatic nitrogens is 2. The molecule has 14 heavy (non-hydrogen) atoms. The van der Waals surface area contributed by atoms with Gasteiger partial charge in [0.25, 0.3) is 0 Å². The second-order valence-corrected chi connectivity index (χ2v) is 4.04. The highest BCUT2D eigenvalue weighted by Crippen LogP contribution is 2.21. The molecule has 0 aliphatic heterocycles. The van der Waals surface area contributed by atoms with Crippen molar-refractivity contribution in [3.8, 4) is 0 Å². The predicted octanol–water partition coefficient (Wildman–Crippen LogP) is 1.19. The molecule has 1 atom stereocenters. The molecule has 0 unspecified atom stereocenters. The van der Waals surface area contributed by atoms with E-state index in [0.717, 1.165) is 14.6 Å². The molecular weight excluding hydrogens is 295 g/mol. The van der Waals surface area contributed by atoms with Crippen LogP contribution in [0.2, 0.25) is 0 Å². The largest absolute Gasteiger partial charge is 0.393 e. The van der Waals surface area contributed by atoms with Gasteiger partial charge < -0.3 is 10.2 Å². The van der Waals surface area contributed by atoms with Gasteiger partial charge in [0, 0.05) is 5.39 Å². The van der Waals surface area contributed by atoms with Gasteiger partial charge >= 0.3 is 0 Å². The fourth-order valence-corrected chi connectivity index (χ4v) is 1.91. The number of nitrogens with zero attached hydrogens (tertiary/aromatic N) is 1. The molecule has 1 aromatic carbocycles. The Bertz CT molecular complexity index is 455. The summed E-state index contributed by atoms with van der Waals surface area (Å²) in [7, 11) is 0. The van der Waals surface area contributed by atoms with Crippen LogP contribution in [0.5, 0.6) is 0 Å². The van der Waals surface area contributed by atoms with Crippen LogP contribution in [0.4, 0.5) is 0 Å². The van der Waals surface area contributed by atoms with Crippen LogP contribution >= 0.6 is 22.6 Å². The van der Waals surface area contributed by atoms with Crippen molar-refractivity contribution in [1.29, 1.82) is 0 Å². The lowest BCUT2D eigenvalue weighted by Gasteiger charge is -2.06. The van der Waals surface area contributed by atoms with Crippen LogP contribution in [0, 0.1) is 3.70 Å². The van der Waals surface area contributed by atoms with E-state index in [0.29, 0.717) is 5.56 Å². The van der Waals surface area contributed by atoms with E-state index >= 15 is 0 Å². The van der Waals surface area contributed by atoms with Crippen LogP contribution in [0.1, 0.15) is 11.7 Å². The number of nitrogens with one attached hydrogen (secondary N) is 1. The van der Waals surface area contributed by atoms with Crippen LogP contribution in [-0.2, 0) is 0 Å². The first-order valence-corrected chi connectivity index (χ1v) is 5.22. The summed E-state index contributed by atoms with van der Waals surface area (Å²) in [5.41, 5.74) is 1.57. The third-order valence-electron chi connectivity index (χ3n) is 2.10. The number of hydrogen-bond acceptors (Lipinski definition) is 3. The first-order chi connectivity index (χ1) is 6.72. The Morgan fingerprint density at radius 2 is 2.29 bits per heavy atom. The van der Waals surface area contributed by atoms with E-state index in [2.05, 4.69) is 32.8 Å². The Balaban J connectivity index is 2.52. The second-order valence-electron chi connectivity index (χ2n) is 3.02. The third-order valence-corrected chi connectivity index (χ3v) is 2.92. The Morgan fingerprint density at radius 1 is 1.50 bits per heavy atom. The average Bonchev–Trinajstić information content (AvgIpc) is 2.59. The van der Waals surface area contributed by atoms with Gasteiger partial charge in [0.2, 0.25) is 0 Å². The molecule has 2 rings (SSSR count). The molecule has 0 aliphatic rings. The van der Waals surface area contributed by atoms with Crippen LogP contribution in [0.15, 0.2) is 18.2 Å². The summed E-state index contributed by atoms with van der Waals surface area (Å²) in [6.45, 7) is -0.267. The Morgan fingerprint density at radius 3 is 3.00 bits per heavy atom. The normalized spacial score (nSPS) is 13.4. The molecule has 0 fully saturated rings. The lowest BCUT2D eigenvalue weighted by Crippen LogP contribution is -2.01. The number of aliphatic hydroxyl groups excluding tert-OH is 2. The minimum atomic E-state index is -0.819. The Hall–Kier alpha value is -0.660. The molecule has 1 heterocycles. The number of hydrogen-bond donors (Lipinski definition) is 3. The molecule has 74 valence electrons. The van der Waals surface area contributed by atoms with Crippen LogP contribution in [0.25, 0.3) is 10.9 Å². The number of rotatable bonds is 2. The maximum Gasteiger partial charge on any atom is 0.130 e. The summed E-state index contributed by atoms with van der Waals surface area (Å²) in [6, 6.07) is 5.47. The van der Waals surface area contributed by atoms with Crippen LogP contribution < -0.4 is 0 Å². The zero-order valence-electron chi connectivity index (χ0n) is 7.24. The van der Waals surface area contributed by atoms with Crippen LogP contribution in [0.3, 0.4) is 0 Å². The first kappa shape index (κ1) is 9.88. The molecule has 0 aliphatic carbocycles. The van der Waals surface area contributed by atoms with E-state index in [1.807, 2.05) is 6.07 Å². The predicted molar refractivity (Wildman–Crippen MR) is 60.9 cm³/mol. The summed E-state index contributed by atoms with van der Waals surface area (Å²) >= 11 is 2.14. The first-order valence-electron chi connectivity index (χ1n) is 4.15. The summed E-state index contributed by atoms with van der Waals surface area (Å²) < 4.78 is 0.905. The average molecular weight is 304 g/mol. The third kappa shape index (κ3) is 1.62. The topological polar surface area (TPSA) is 69.1 Å². The van der Waals surface area contributed by atoms with E-state index in [1.165, 1.54) is 0 Å². The van der Waals surface area contributed by atoms with Gasteiger partial charge in [-0.3, -0.25) is 5.10 Å². The molecule has 4 nitrogen and oxygen atoms in total. The van der Waals surface area contributed by atoms with E-state index in [4.69, 9.17) is 5.11 Å².